The Balaban J connectivity index is 4.16. The Morgan fingerprint density at radius 1 is 1.36 bits per heavy atom. The maximum absolute atomic E-state index is 9.82. The van der Waals surface area contributed by atoms with Crippen LogP contribution >= 0.6 is 0 Å². The first kappa shape index (κ1) is 9.55. The van der Waals surface area contributed by atoms with Crippen molar-refractivity contribution in [2.45, 2.75) is 19.4 Å². The Morgan fingerprint density at radius 2 is 1.91 bits per heavy atom. The molecule has 58 valence electrons. The third-order valence-corrected chi connectivity index (χ3v) is 0.600. The van der Waals surface area contributed by atoms with Crippen molar-refractivity contribution in [1.82, 2.24) is 0 Å². The highest BCUT2D eigenvalue weighted by molar-refractivity contribution is 5.87. The molecule has 0 bridgehead atoms. The fourth-order valence-electron chi connectivity index (χ4n) is 0.269. The van der Waals surface area contributed by atoms with Crippen LogP contribution in [-0.4, -0.2) is 21.8 Å². The third kappa shape index (κ3) is 8.55. The van der Waals surface area contributed by atoms with Gasteiger partial charge in [0.15, 0.2) is 0 Å². The van der Waals surface area contributed by atoms with E-state index in [9.17, 15) is 4.79 Å². The monoisotopic (exact) mass is 152 g/mol. The summed E-state index contributed by atoms with van der Waals surface area (Å²) in [6.45, 7) is 2.98. The largest absolute Gasteiger partial charge is 0.472 e. The summed E-state index contributed by atoms with van der Waals surface area (Å²) in [5, 5.41) is 17.0. The molecule has 0 spiro atoms. The molecule has 0 rings (SSSR count). The van der Waals surface area contributed by atoms with Gasteiger partial charge in [-0.25, -0.2) is 4.79 Å². The van der Waals surface area contributed by atoms with Crippen LogP contribution in [0.4, 0.5) is 0 Å². The molecule has 0 amide bonds. The molecule has 0 saturated heterocycles. The zero-order chi connectivity index (χ0) is 8.91. The predicted octanol–water partition coefficient (Wildman–Crippen LogP) is -0.151. The maximum atomic E-state index is 9.82. The zero-order valence-corrected chi connectivity index (χ0v) is 6.30. The van der Waals surface area contributed by atoms with Gasteiger partial charge in [0.25, 0.3) is 0 Å². The Labute approximate surface area is 65.0 Å². The molecule has 0 aliphatic heterocycles. The Hall–Kier alpha value is -1.45. The summed E-state index contributed by atoms with van der Waals surface area (Å²) in [7, 11) is 0. The Bertz CT molecular complexity index is 262. The molecule has 0 aliphatic rings. The highest BCUT2D eigenvalue weighted by atomic mass is 16.4. The fourth-order valence-corrected chi connectivity index (χ4v) is 0.269. The number of aliphatic hydroxyl groups is 1. The summed E-state index contributed by atoms with van der Waals surface area (Å²) in [5.74, 6) is 7.20. The highest BCUT2D eigenvalue weighted by Crippen LogP contribution is 1.95. The standard InChI is InChI=1S/C8H8O3/c1-8(2,11)6-4-3-5-7(9)10/h11H,1-2H3,(H,9,10). The van der Waals surface area contributed by atoms with E-state index in [0.717, 1.165) is 0 Å². The molecular weight excluding hydrogens is 144 g/mol. The first-order valence-electron chi connectivity index (χ1n) is 2.90. The first-order chi connectivity index (χ1) is 4.92. The van der Waals surface area contributed by atoms with Crippen LogP contribution in [0.2, 0.25) is 0 Å². The molecule has 0 aliphatic carbocycles. The molecule has 3 heteroatoms. The van der Waals surface area contributed by atoms with E-state index in [0.29, 0.717) is 0 Å². The van der Waals surface area contributed by atoms with Gasteiger partial charge in [-0.05, 0) is 25.7 Å². The van der Waals surface area contributed by atoms with Crippen molar-refractivity contribution in [3.8, 4) is 23.7 Å². The van der Waals surface area contributed by atoms with Gasteiger partial charge in [-0.2, -0.15) is 0 Å². The van der Waals surface area contributed by atoms with E-state index in [2.05, 4.69) is 17.8 Å². The van der Waals surface area contributed by atoms with Gasteiger partial charge in [-0.1, -0.05) is 5.92 Å². The van der Waals surface area contributed by atoms with Crippen LogP contribution in [0.1, 0.15) is 13.8 Å². The molecule has 0 aromatic carbocycles. The lowest BCUT2D eigenvalue weighted by molar-refractivity contribution is -0.130. The van der Waals surface area contributed by atoms with E-state index in [1.807, 2.05) is 0 Å². The second kappa shape index (κ2) is 3.65. The lowest BCUT2D eigenvalue weighted by atomic mass is 10.1. The number of carbonyl (C=O) groups is 1. The van der Waals surface area contributed by atoms with Crippen molar-refractivity contribution < 1.29 is 15.0 Å². The van der Waals surface area contributed by atoms with Crippen LogP contribution in [0.25, 0.3) is 0 Å². The average molecular weight is 152 g/mol. The number of carboxylic acid groups (broad SMARTS) is 1. The highest BCUT2D eigenvalue weighted by Gasteiger charge is 2.04. The second-order valence-electron chi connectivity index (χ2n) is 2.36. The maximum Gasteiger partial charge on any atom is 0.382 e. The minimum absolute atomic E-state index is 1.12. The number of hydrogen-bond acceptors (Lipinski definition) is 2. The minimum atomic E-state index is -1.23. The van der Waals surface area contributed by atoms with E-state index in [4.69, 9.17) is 10.2 Å². The van der Waals surface area contributed by atoms with Gasteiger partial charge >= 0.3 is 5.97 Å². The van der Waals surface area contributed by atoms with Crippen LogP contribution in [-0.2, 0) is 4.79 Å². The molecule has 0 atom stereocenters. The molecule has 0 unspecified atom stereocenters. The predicted molar refractivity (Wildman–Crippen MR) is 39.5 cm³/mol. The van der Waals surface area contributed by atoms with Crippen molar-refractivity contribution in [1.29, 1.82) is 0 Å². The van der Waals surface area contributed by atoms with E-state index < -0.39 is 11.6 Å². The normalized spacial score (nSPS) is 8.64. The van der Waals surface area contributed by atoms with E-state index in [-0.39, 0.29) is 0 Å². The lowest BCUT2D eigenvalue weighted by Crippen LogP contribution is -2.14. The van der Waals surface area contributed by atoms with Gasteiger partial charge in [-0.15, -0.1) is 0 Å². The molecule has 0 radical (unpaired) electrons. The minimum Gasteiger partial charge on any atom is -0.472 e. The molecule has 2 N–H and O–H groups in total. The molecule has 0 aromatic heterocycles. The number of aliphatic carboxylic acids is 1. The van der Waals surface area contributed by atoms with Gasteiger partial charge in [0, 0.05) is 5.92 Å². The molecule has 11 heavy (non-hydrogen) atoms. The number of hydrogen-bond donors (Lipinski definition) is 2. The summed E-state index contributed by atoms with van der Waals surface area (Å²) in [4.78, 5) is 9.82. The summed E-state index contributed by atoms with van der Waals surface area (Å²) in [5.41, 5.74) is -1.12. The van der Waals surface area contributed by atoms with Crippen LogP contribution in [0, 0.1) is 23.7 Å². The Morgan fingerprint density at radius 3 is 2.27 bits per heavy atom. The topological polar surface area (TPSA) is 57.5 Å². The van der Waals surface area contributed by atoms with Crippen LogP contribution in [0.3, 0.4) is 0 Å². The van der Waals surface area contributed by atoms with Crippen LogP contribution in [0.5, 0.6) is 0 Å². The summed E-state index contributed by atoms with van der Waals surface area (Å²) in [6.07, 6.45) is 0. The quantitative estimate of drug-likeness (QED) is 0.474. The van der Waals surface area contributed by atoms with E-state index in [1.165, 1.54) is 13.8 Å². The smallest absolute Gasteiger partial charge is 0.382 e. The first-order valence-corrected chi connectivity index (χ1v) is 2.90. The molecule has 0 aromatic rings. The van der Waals surface area contributed by atoms with E-state index >= 15 is 0 Å². The van der Waals surface area contributed by atoms with E-state index in [1.54, 1.807) is 5.92 Å². The molecule has 0 fully saturated rings. The average Bonchev–Trinajstić information content (AvgIpc) is 1.78. The second-order valence-corrected chi connectivity index (χ2v) is 2.36. The van der Waals surface area contributed by atoms with Crippen molar-refractivity contribution in [2.75, 3.05) is 0 Å². The van der Waals surface area contributed by atoms with Crippen LogP contribution < -0.4 is 0 Å². The number of carboxylic acids is 1. The van der Waals surface area contributed by atoms with Gasteiger partial charge in [0.05, 0.1) is 0 Å². The SMILES string of the molecule is CC(C)(O)C#CC#CC(=O)O. The molecule has 3 nitrogen and oxygen atoms in total. The van der Waals surface area contributed by atoms with Crippen molar-refractivity contribution >= 4 is 5.97 Å². The Kier molecular flexibility index (Phi) is 3.17. The molecular formula is C8H8O3. The van der Waals surface area contributed by atoms with Gasteiger partial charge in [0.1, 0.15) is 5.60 Å². The van der Waals surface area contributed by atoms with Crippen molar-refractivity contribution in [2.24, 2.45) is 0 Å². The van der Waals surface area contributed by atoms with Crippen molar-refractivity contribution in [3.05, 3.63) is 0 Å². The molecule has 0 heterocycles. The fraction of sp³-hybridized carbons (Fsp3) is 0.375. The van der Waals surface area contributed by atoms with Gasteiger partial charge < -0.3 is 10.2 Å². The van der Waals surface area contributed by atoms with Gasteiger partial charge in [0.2, 0.25) is 0 Å². The molecule has 0 saturated carbocycles. The lowest BCUT2D eigenvalue weighted by Gasteiger charge is -2.04. The number of rotatable bonds is 0. The van der Waals surface area contributed by atoms with Crippen LogP contribution in [0.15, 0.2) is 0 Å². The van der Waals surface area contributed by atoms with Crippen molar-refractivity contribution in [3.63, 3.8) is 0 Å². The van der Waals surface area contributed by atoms with Gasteiger partial charge in [-0.3, -0.25) is 0 Å². The summed E-state index contributed by atoms with van der Waals surface area (Å²) in [6, 6.07) is 0. The summed E-state index contributed by atoms with van der Waals surface area (Å²) >= 11 is 0. The summed E-state index contributed by atoms with van der Waals surface area (Å²) < 4.78 is 0. The third-order valence-electron chi connectivity index (χ3n) is 0.600. The zero-order valence-electron chi connectivity index (χ0n) is 6.30.